The summed E-state index contributed by atoms with van der Waals surface area (Å²) in [5.41, 5.74) is 0.935. The van der Waals surface area contributed by atoms with Gasteiger partial charge in [-0.05, 0) is 26.3 Å². The van der Waals surface area contributed by atoms with Crippen LogP contribution in [0.25, 0.3) is 0 Å². The number of pyridine rings is 1. The molecule has 1 N–H and O–H groups in total. The number of halogens is 2. The summed E-state index contributed by atoms with van der Waals surface area (Å²) in [7, 11) is 0. The minimum atomic E-state index is 0.0405. The van der Waals surface area contributed by atoms with Gasteiger partial charge in [-0.2, -0.15) is 0 Å². The second-order valence-electron chi connectivity index (χ2n) is 3.86. The molecule has 0 bridgehead atoms. The summed E-state index contributed by atoms with van der Waals surface area (Å²) in [4.78, 5) is 3.97. The van der Waals surface area contributed by atoms with Crippen molar-refractivity contribution in [1.29, 1.82) is 0 Å². The van der Waals surface area contributed by atoms with E-state index in [-0.39, 0.29) is 5.54 Å². The molecule has 0 fully saturated rings. The van der Waals surface area contributed by atoms with E-state index in [4.69, 9.17) is 23.2 Å². The lowest BCUT2D eigenvalue weighted by Gasteiger charge is -2.25. The largest absolute Gasteiger partial charge is 0.379 e. The van der Waals surface area contributed by atoms with E-state index in [1.807, 2.05) is 0 Å². The fraction of sp³-hybridized carbons (Fsp3) is 0.500. The maximum atomic E-state index is 5.85. The molecule has 0 radical (unpaired) electrons. The fourth-order valence-electron chi connectivity index (χ4n) is 0.969. The molecule has 0 aliphatic carbocycles. The van der Waals surface area contributed by atoms with Gasteiger partial charge in [-0.1, -0.05) is 30.1 Å². The Kier molecular flexibility index (Phi) is 3.62. The van der Waals surface area contributed by atoms with Crippen LogP contribution in [0.3, 0.4) is 0 Å². The van der Waals surface area contributed by atoms with Crippen molar-refractivity contribution in [3.05, 3.63) is 22.4 Å². The van der Waals surface area contributed by atoms with E-state index >= 15 is 0 Å². The third-order valence-corrected chi connectivity index (χ3v) is 2.85. The summed E-state index contributed by atoms with van der Waals surface area (Å²) in [6.45, 7) is 6.36. The fourth-order valence-corrected chi connectivity index (χ4v) is 1.24. The first-order valence-corrected chi connectivity index (χ1v) is 5.29. The van der Waals surface area contributed by atoms with Crippen LogP contribution in [0.1, 0.15) is 27.2 Å². The van der Waals surface area contributed by atoms with Crippen LogP contribution >= 0.6 is 23.2 Å². The van der Waals surface area contributed by atoms with Gasteiger partial charge in [-0.3, -0.25) is 0 Å². The van der Waals surface area contributed by atoms with Crippen molar-refractivity contribution in [3.63, 3.8) is 0 Å². The summed E-state index contributed by atoms with van der Waals surface area (Å²) in [6.07, 6.45) is 2.71. The Balaban J connectivity index is 2.83. The van der Waals surface area contributed by atoms with Crippen LogP contribution in [0.2, 0.25) is 10.2 Å². The molecule has 0 aliphatic heterocycles. The van der Waals surface area contributed by atoms with Gasteiger partial charge in [-0.15, -0.1) is 0 Å². The zero-order valence-corrected chi connectivity index (χ0v) is 10.1. The predicted octanol–water partition coefficient (Wildman–Crippen LogP) is 3.99. The van der Waals surface area contributed by atoms with E-state index in [2.05, 4.69) is 31.1 Å². The number of hydrogen-bond acceptors (Lipinski definition) is 2. The summed E-state index contributed by atoms with van der Waals surface area (Å²) in [6, 6.07) is 1.79. The highest BCUT2D eigenvalue weighted by Gasteiger charge is 2.14. The minimum absolute atomic E-state index is 0.0405. The highest BCUT2D eigenvalue weighted by Crippen LogP contribution is 2.24. The van der Waals surface area contributed by atoms with Gasteiger partial charge in [0.2, 0.25) is 0 Å². The van der Waals surface area contributed by atoms with Crippen molar-refractivity contribution in [2.45, 2.75) is 32.7 Å². The first-order chi connectivity index (χ1) is 6.44. The molecule has 0 atom stereocenters. The molecule has 0 saturated heterocycles. The van der Waals surface area contributed by atoms with Crippen molar-refractivity contribution in [3.8, 4) is 0 Å². The smallest absolute Gasteiger partial charge is 0.147 e. The van der Waals surface area contributed by atoms with Crippen molar-refractivity contribution in [1.82, 2.24) is 4.98 Å². The first kappa shape index (κ1) is 11.6. The maximum Gasteiger partial charge on any atom is 0.147 e. The molecule has 14 heavy (non-hydrogen) atoms. The molecule has 4 heteroatoms. The van der Waals surface area contributed by atoms with Gasteiger partial charge >= 0.3 is 0 Å². The molecule has 1 aromatic heterocycles. The molecule has 1 rings (SSSR count). The van der Waals surface area contributed by atoms with E-state index in [0.29, 0.717) is 10.2 Å². The van der Waals surface area contributed by atoms with Gasteiger partial charge < -0.3 is 5.32 Å². The second kappa shape index (κ2) is 4.37. The zero-order valence-electron chi connectivity index (χ0n) is 8.56. The molecule has 1 heterocycles. The average Bonchev–Trinajstić information content (AvgIpc) is 2.11. The summed E-state index contributed by atoms with van der Waals surface area (Å²) in [5.74, 6) is 0. The lowest BCUT2D eigenvalue weighted by atomic mass is 10.0. The normalized spacial score (nSPS) is 11.5. The zero-order chi connectivity index (χ0) is 10.8. The number of anilines is 1. The Morgan fingerprint density at radius 2 is 2.07 bits per heavy atom. The Hall–Kier alpha value is -0.470. The van der Waals surface area contributed by atoms with E-state index in [0.717, 1.165) is 12.1 Å². The monoisotopic (exact) mass is 232 g/mol. The van der Waals surface area contributed by atoms with Gasteiger partial charge in [0.1, 0.15) is 5.15 Å². The molecule has 2 nitrogen and oxygen atoms in total. The van der Waals surface area contributed by atoms with Crippen molar-refractivity contribution in [2.75, 3.05) is 5.32 Å². The highest BCUT2D eigenvalue weighted by molar-refractivity contribution is 6.41. The van der Waals surface area contributed by atoms with Gasteiger partial charge in [0.15, 0.2) is 0 Å². The van der Waals surface area contributed by atoms with Crippen LogP contribution in [-0.4, -0.2) is 10.5 Å². The topological polar surface area (TPSA) is 24.9 Å². The Morgan fingerprint density at radius 3 is 2.57 bits per heavy atom. The van der Waals surface area contributed by atoms with Crippen molar-refractivity contribution < 1.29 is 0 Å². The molecule has 0 saturated carbocycles. The van der Waals surface area contributed by atoms with Crippen LogP contribution in [0.4, 0.5) is 5.69 Å². The Bertz CT molecular complexity index is 324. The van der Waals surface area contributed by atoms with E-state index in [9.17, 15) is 0 Å². The van der Waals surface area contributed by atoms with Gasteiger partial charge in [0, 0.05) is 5.54 Å². The molecular weight excluding hydrogens is 219 g/mol. The molecule has 78 valence electrons. The molecule has 0 spiro atoms. The predicted molar refractivity (Wildman–Crippen MR) is 62.2 cm³/mol. The number of rotatable bonds is 3. The molecule has 0 unspecified atom stereocenters. The minimum Gasteiger partial charge on any atom is -0.379 e. The molecule has 1 aromatic rings. The van der Waals surface area contributed by atoms with Gasteiger partial charge in [0.05, 0.1) is 16.9 Å². The van der Waals surface area contributed by atoms with Crippen molar-refractivity contribution in [2.24, 2.45) is 0 Å². The average molecular weight is 233 g/mol. The highest BCUT2D eigenvalue weighted by atomic mass is 35.5. The van der Waals surface area contributed by atoms with E-state index in [1.54, 1.807) is 12.3 Å². The van der Waals surface area contributed by atoms with Crippen molar-refractivity contribution >= 4 is 28.9 Å². The summed E-state index contributed by atoms with van der Waals surface area (Å²) in [5, 5.41) is 4.15. The third-order valence-electron chi connectivity index (χ3n) is 2.16. The quantitative estimate of drug-likeness (QED) is 0.798. The van der Waals surface area contributed by atoms with Crippen LogP contribution in [0.5, 0.6) is 0 Å². The first-order valence-electron chi connectivity index (χ1n) is 4.54. The molecule has 0 aliphatic rings. The SMILES string of the molecule is CCC(C)(C)Nc1cnc(Cl)c(Cl)c1. The number of hydrogen-bond donors (Lipinski definition) is 1. The van der Waals surface area contributed by atoms with Gasteiger partial charge in [-0.25, -0.2) is 4.98 Å². The summed E-state index contributed by atoms with van der Waals surface area (Å²) < 4.78 is 0. The van der Waals surface area contributed by atoms with Crippen LogP contribution in [0.15, 0.2) is 12.3 Å². The van der Waals surface area contributed by atoms with Crippen LogP contribution in [0, 0.1) is 0 Å². The third kappa shape index (κ3) is 3.03. The lowest BCUT2D eigenvalue weighted by Crippen LogP contribution is -2.29. The van der Waals surface area contributed by atoms with Gasteiger partial charge in [0.25, 0.3) is 0 Å². The molecular formula is C10H14Cl2N2. The Morgan fingerprint density at radius 1 is 1.43 bits per heavy atom. The van der Waals surface area contributed by atoms with E-state index in [1.165, 1.54) is 0 Å². The summed E-state index contributed by atoms with van der Waals surface area (Å²) >= 11 is 11.6. The molecule has 0 amide bonds. The van der Waals surface area contributed by atoms with E-state index < -0.39 is 0 Å². The second-order valence-corrected chi connectivity index (χ2v) is 4.62. The number of nitrogens with one attached hydrogen (secondary N) is 1. The van der Waals surface area contributed by atoms with Crippen LogP contribution < -0.4 is 5.32 Å². The standard InChI is InChI=1S/C10H14Cl2N2/c1-4-10(2,3)14-7-5-8(11)9(12)13-6-7/h5-6,14H,4H2,1-3H3. The maximum absolute atomic E-state index is 5.85. The molecule has 0 aromatic carbocycles. The number of aromatic nitrogens is 1. The number of nitrogens with zero attached hydrogens (tertiary/aromatic N) is 1. The Labute approximate surface area is 94.6 Å². The lowest BCUT2D eigenvalue weighted by molar-refractivity contribution is 0.547. The van der Waals surface area contributed by atoms with Crippen LogP contribution in [-0.2, 0) is 0 Å².